The maximum Gasteiger partial charge on any atom is 0.430 e. The zero-order valence-electron chi connectivity index (χ0n) is 12.9. The lowest BCUT2D eigenvalue weighted by Gasteiger charge is -2.22. The monoisotopic (exact) mass is 349 g/mol. The van der Waals surface area contributed by atoms with E-state index in [9.17, 15) is 4.79 Å². The van der Waals surface area contributed by atoms with Crippen molar-refractivity contribution < 1.29 is 9.37 Å². The van der Waals surface area contributed by atoms with E-state index in [2.05, 4.69) is 48.4 Å². The highest BCUT2D eigenvalue weighted by molar-refractivity contribution is 8.40. The van der Waals surface area contributed by atoms with Gasteiger partial charge in [0.1, 0.15) is 12.1 Å². The number of hydrogen-bond acceptors (Lipinski definition) is 5. The van der Waals surface area contributed by atoms with Crippen LogP contribution in [0.5, 0.6) is 0 Å². The Morgan fingerprint density at radius 3 is 2.45 bits per heavy atom. The van der Waals surface area contributed by atoms with E-state index in [0.29, 0.717) is 0 Å². The maximum absolute atomic E-state index is 12.5. The number of amides is 1. The molecule has 0 bridgehead atoms. The van der Waals surface area contributed by atoms with Gasteiger partial charge in [0.05, 0.1) is 0 Å². The van der Waals surface area contributed by atoms with Gasteiger partial charge in [0.25, 0.3) is 4.38 Å². The van der Waals surface area contributed by atoms with Crippen molar-refractivity contribution in [2.45, 2.75) is 13.8 Å². The smallest absolute Gasteiger partial charge is 0.307 e. The molecule has 0 aliphatic carbocycles. The summed E-state index contributed by atoms with van der Waals surface area (Å²) in [7, 11) is 1.84. The van der Waals surface area contributed by atoms with Gasteiger partial charge in [-0.15, -0.1) is 4.58 Å². The van der Waals surface area contributed by atoms with E-state index in [1.807, 2.05) is 13.3 Å². The molecule has 2 heterocycles. The molecule has 114 valence electrons. The van der Waals surface area contributed by atoms with E-state index in [-0.39, 0.29) is 5.91 Å². The number of rotatable bonds is 1. The number of thioether (sulfide) groups is 3. The first-order chi connectivity index (χ1) is 10.5. The van der Waals surface area contributed by atoms with Crippen LogP contribution in [0, 0.1) is 6.92 Å². The first kappa shape index (κ1) is 15.8. The third-order valence-corrected chi connectivity index (χ3v) is 7.11. The lowest BCUT2D eigenvalue weighted by Crippen LogP contribution is -2.19. The zero-order chi connectivity index (χ0) is 15.9. The Morgan fingerprint density at radius 1 is 1.18 bits per heavy atom. The second-order valence-corrected chi connectivity index (χ2v) is 8.03. The van der Waals surface area contributed by atoms with E-state index in [0.717, 1.165) is 25.7 Å². The molecule has 3 rings (SSSR count). The predicted octanol–water partition coefficient (Wildman–Crippen LogP) is 4.21. The molecular weight excluding hydrogens is 332 g/mol. The normalized spacial score (nSPS) is 21.9. The van der Waals surface area contributed by atoms with Gasteiger partial charge in [-0.1, -0.05) is 41.2 Å². The van der Waals surface area contributed by atoms with Crippen LogP contribution >= 0.6 is 35.3 Å². The SMILES string of the molecule is CSC1=[N+](C)C(=O)/C(=C2\SC=C(C)N2c2ccc(C)cc2)S1. The van der Waals surface area contributed by atoms with Crippen LogP contribution in [0.15, 0.2) is 45.3 Å². The molecule has 22 heavy (non-hydrogen) atoms. The van der Waals surface area contributed by atoms with E-state index in [4.69, 9.17) is 0 Å². The molecule has 6 heteroatoms. The lowest BCUT2D eigenvalue weighted by atomic mass is 10.2. The summed E-state index contributed by atoms with van der Waals surface area (Å²) in [4.78, 5) is 15.5. The highest BCUT2D eigenvalue weighted by Gasteiger charge is 2.40. The van der Waals surface area contributed by atoms with Gasteiger partial charge in [-0.2, -0.15) is 0 Å². The Balaban J connectivity index is 2.03. The molecule has 1 amide bonds. The summed E-state index contributed by atoms with van der Waals surface area (Å²) in [6.45, 7) is 4.16. The Hall–Kier alpha value is -1.11. The minimum atomic E-state index is 0.0806. The molecule has 0 saturated heterocycles. The third kappa shape index (κ3) is 2.64. The number of anilines is 1. The molecule has 0 radical (unpaired) electrons. The molecule has 1 aromatic rings. The Morgan fingerprint density at radius 2 is 1.86 bits per heavy atom. The fraction of sp³-hybridized carbons (Fsp3) is 0.250. The summed E-state index contributed by atoms with van der Waals surface area (Å²) in [5.41, 5.74) is 3.47. The number of carbonyl (C=O) groups is 1. The average Bonchev–Trinajstić information content (AvgIpc) is 3.02. The maximum atomic E-state index is 12.5. The molecule has 0 saturated carbocycles. The van der Waals surface area contributed by atoms with Crippen molar-refractivity contribution in [1.29, 1.82) is 0 Å². The molecule has 2 aliphatic heterocycles. The average molecular weight is 350 g/mol. The van der Waals surface area contributed by atoms with Crippen molar-refractivity contribution >= 4 is 51.3 Å². The van der Waals surface area contributed by atoms with Gasteiger partial charge >= 0.3 is 5.91 Å². The van der Waals surface area contributed by atoms with E-state index < -0.39 is 0 Å². The van der Waals surface area contributed by atoms with E-state index >= 15 is 0 Å². The van der Waals surface area contributed by atoms with Gasteiger partial charge in [-0.3, -0.25) is 0 Å². The molecule has 2 aliphatic rings. The molecule has 3 nitrogen and oxygen atoms in total. The van der Waals surface area contributed by atoms with Crippen LogP contribution in [0.1, 0.15) is 12.5 Å². The number of carbonyl (C=O) groups excluding carboxylic acids is 1. The van der Waals surface area contributed by atoms with E-state index in [1.165, 1.54) is 5.56 Å². The number of allylic oxidation sites excluding steroid dienone is 1. The van der Waals surface area contributed by atoms with Gasteiger partial charge in [-0.05, 0) is 37.6 Å². The quantitative estimate of drug-likeness (QED) is 0.558. The summed E-state index contributed by atoms with van der Waals surface area (Å²) in [6.07, 6.45) is 2.00. The van der Waals surface area contributed by atoms with Crippen molar-refractivity contribution in [3.63, 3.8) is 0 Å². The molecule has 0 spiro atoms. The number of likely N-dealkylation sites (N-methyl/N-ethyl adjacent to an activating group) is 1. The fourth-order valence-corrected chi connectivity index (χ4v) is 5.27. The van der Waals surface area contributed by atoms with Crippen molar-refractivity contribution in [3.05, 3.63) is 50.9 Å². The minimum Gasteiger partial charge on any atom is -0.307 e. The zero-order valence-corrected chi connectivity index (χ0v) is 15.4. The Bertz CT molecular complexity index is 732. The number of nitrogens with zero attached hydrogens (tertiary/aromatic N) is 2. The highest BCUT2D eigenvalue weighted by Crippen LogP contribution is 2.45. The standard InChI is InChI=1S/C16H17N2OS3/c1-10-5-7-12(8-6-10)18-11(2)9-21-15(18)13-14(19)17(3)16(20-4)22-13/h5-9H,1-4H3/q+1/b15-13+. The largest absolute Gasteiger partial charge is 0.430 e. The number of benzene rings is 1. The second kappa shape index (κ2) is 6.18. The van der Waals surface area contributed by atoms with Crippen molar-refractivity contribution in [1.82, 2.24) is 0 Å². The van der Waals surface area contributed by atoms with E-state index in [1.54, 1.807) is 39.9 Å². The minimum absolute atomic E-state index is 0.0806. The van der Waals surface area contributed by atoms with Crippen LogP contribution < -0.4 is 4.90 Å². The molecule has 0 fully saturated rings. The third-order valence-electron chi connectivity index (χ3n) is 3.52. The van der Waals surface area contributed by atoms with Crippen molar-refractivity contribution in [2.75, 3.05) is 18.2 Å². The molecule has 0 unspecified atom stereocenters. The highest BCUT2D eigenvalue weighted by atomic mass is 32.2. The summed E-state index contributed by atoms with van der Waals surface area (Å²) < 4.78 is 2.76. The summed E-state index contributed by atoms with van der Waals surface area (Å²) >= 11 is 4.81. The summed E-state index contributed by atoms with van der Waals surface area (Å²) in [5, 5.41) is 3.11. The van der Waals surface area contributed by atoms with Gasteiger partial charge in [0.15, 0.2) is 4.91 Å². The second-order valence-electron chi connectivity index (χ2n) is 5.12. The van der Waals surface area contributed by atoms with Gasteiger partial charge in [-0.25, -0.2) is 4.79 Å². The lowest BCUT2D eigenvalue weighted by molar-refractivity contribution is -0.406. The van der Waals surface area contributed by atoms with Crippen LogP contribution in [0.3, 0.4) is 0 Å². The van der Waals surface area contributed by atoms with Crippen LogP contribution in [0.25, 0.3) is 0 Å². The molecule has 0 atom stereocenters. The predicted molar refractivity (Wildman–Crippen MR) is 99.3 cm³/mol. The van der Waals surface area contributed by atoms with Crippen molar-refractivity contribution in [3.8, 4) is 0 Å². The van der Waals surface area contributed by atoms with Gasteiger partial charge in [0, 0.05) is 23.1 Å². The summed E-state index contributed by atoms with van der Waals surface area (Å²) in [6, 6.07) is 8.41. The summed E-state index contributed by atoms with van der Waals surface area (Å²) in [5.74, 6) is 0.0806. The van der Waals surface area contributed by atoms with Gasteiger partial charge in [0.2, 0.25) is 0 Å². The Labute approximate surface area is 143 Å². The number of hydrogen-bond donors (Lipinski definition) is 0. The molecule has 1 aromatic carbocycles. The fourth-order valence-electron chi connectivity index (χ4n) is 2.32. The van der Waals surface area contributed by atoms with Crippen molar-refractivity contribution in [2.24, 2.45) is 0 Å². The van der Waals surface area contributed by atoms with Crippen LogP contribution in [-0.2, 0) is 4.79 Å². The van der Waals surface area contributed by atoms with Crippen LogP contribution in [0.2, 0.25) is 0 Å². The topological polar surface area (TPSA) is 23.3 Å². The first-order valence-corrected chi connectivity index (χ1v) is 9.76. The van der Waals surface area contributed by atoms with Crippen LogP contribution in [-0.4, -0.2) is 28.2 Å². The Kier molecular flexibility index (Phi) is 4.43. The molecule has 0 aromatic heterocycles. The van der Waals surface area contributed by atoms with Gasteiger partial charge < -0.3 is 4.90 Å². The molecule has 0 N–H and O–H groups in total. The first-order valence-electron chi connectivity index (χ1n) is 6.84. The molecular formula is C16H17N2OS3+. The van der Waals surface area contributed by atoms with Crippen LogP contribution in [0.4, 0.5) is 5.69 Å². The number of aryl methyl sites for hydroxylation is 1.